The molecule has 1 fully saturated rings. The van der Waals surface area contributed by atoms with Crippen LogP contribution in [0.5, 0.6) is 5.75 Å². The highest BCUT2D eigenvalue weighted by Gasteiger charge is 2.21. The van der Waals surface area contributed by atoms with Gasteiger partial charge in [0.1, 0.15) is 0 Å². The number of nitrogens with one attached hydrogen (secondary N) is 1. The predicted octanol–water partition coefficient (Wildman–Crippen LogP) is 2.52. The van der Waals surface area contributed by atoms with E-state index < -0.39 is 0 Å². The molecule has 3 heterocycles. The van der Waals surface area contributed by atoms with Gasteiger partial charge in [0.2, 0.25) is 5.95 Å². The van der Waals surface area contributed by atoms with E-state index >= 15 is 0 Å². The number of aromatic nitrogens is 2. The SMILES string of the molecule is Nc1ncc(Cl)c(-c2cc(Cl)c3c(c2)NC(=O)CO3)n1.OC1CCCOC1. The summed E-state index contributed by atoms with van der Waals surface area (Å²) >= 11 is 12.2. The molecule has 4 rings (SSSR count). The van der Waals surface area contributed by atoms with Gasteiger partial charge in [-0.2, -0.15) is 0 Å². The largest absolute Gasteiger partial charge is 0.480 e. The second kappa shape index (κ2) is 8.71. The van der Waals surface area contributed by atoms with E-state index in [1.165, 1.54) is 6.20 Å². The zero-order chi connectivity index (χ0) is 19.4. The third-order valence-corrected chi connectivity index (χ3v) is 4.40. The minimum Gasteiger partial charge on any atom is -0.480 e. The number of aliphatic hydroxyl groups excluding tert-OH is 1. The molecule has 1 aromatic heterocycles. The van der Waals surface area contributed by atoms with Gasteiger partial charge < -0.3 is 25.6 Å². The monoisotopic (exact) mass is 412 g/mol. The second-order valence-electron chi connectivity index (χ2n) is 5.97. The summed E-state index contributed by atoms with van der Waals surface area (Å²) < 4.78 is 10.2. The lowest BCUT2D eigenvalue weighted by atomic mass is 10.1. The van der Waals surface area contributed by atoms with Crippen molar-refractivity contribution in [3.8, 4) is 17.0 Å². The molecule has 8 nitrogen and oxygen atoms in total. The highest BCUT2D eigenvalue weighted by molar-refractivity contribution is 6.34. The number of benzene rings is 1. The molecule has 1 amide bonds. The van der Waals surface area contributed by atoms with Crippen LogP contribution in [0.4, 0.5) is 11.6 Å². The van der Waals surface area contributed by atoms with E-state index in [1.807, 2.05) is 0 Å². The first-order valence-corrected chi connectivity index (χ1v) is 9.00. The van der Waals surface area contributed by atoms with Crippen LogP contribution in [0.15, 0.2) is 18.3 Å². The maximum atomic E-state index is 11.4. The minimum absolute atomic E-state index is 0.0622. The number of hydrogen-bond acceptors (Lipinski definition) is 7. The molecule has 2 aliphatic rings. The first-order valence-electron chi connectivity index (χ1n) is 8.24. The van der Waals surface area contributed by atoms with Crippen molar-refractivity contribution in [2.45, 2.75) is 18.9 Å². The number of nitrogens with zero attached hydrogens (tertiary/aromatic N) is 2. The Bertz CT molecular complexity index is 844. The maximum Gasteiger partial charge on any atom is 0.262 e. The summed E-state index contributed by atoms with van der Waals surface area (Å²) in [5.41, 5.74) is 7.07. The Kier molecular flexibility index (Phi) is 6.33. The number of anilines is 2. The van der Waals surface area contributed by atoms with Gasteiger partial charge in [0.25, 0.3) is 5.91 Å². The zero-order valence-electron chi connectivity index (χ0n) is 14.2. The summed E-state index contributed by atoms with van der Waals surface area (Å²) in [5.74, 6) is 0.269. The smallest absolute Gasteiger partial charge is 0.262 e. The summed E-state index contributed by atoms with van der Waals surface area (Å²) in [5, 5.41) is 12.1. The molecule has 1 saturated heterocycles. The van der Waals surface area contributed by atoms with Gasteiger partial charge in [-0.15, -0.1) is 0 Å². The molecule has 4 N–H and O–H groups in total. The fourth-order valence-corrected chi connectivity index (χ4v) is 3.07. The van der Waals surface area contributed by atoms with Gasteiger partial charge in [0, 0.05) is 12.2 Å². The Hall–Kier alpha value is -2.13. The van der Waals surface area contributed by atoms with E-state index in [9.17, 15) is 4.79 Å². The van der Waals surface area contributed by atoms with Crippen molar-refractivity contribution < 1.29 is 19.4 Å². The number of hydrogen-bond donors (Lipinski definition) is 3. The number of carbonyl (C=O) groups is 1. The average Bonchev–Trinajstić information content (AvgIpc) is 2.64. The molecular weight excluding hydrogens is 395 g/mol. The summed E-state index contributed by atoms with van der Waals surface area (Å²) in [6, 6.07) is 3.32. The Labute approximate surface area is 165 Å². The first-order chi connectivity index (χ1) is 12.9. The van der Waals surface area contributed by atoms with Gasteiger partial charge in [-0.05, 0) is 25.0 Å². The van der Waals surface area contributed by atoms with Gasteiger partial charge >= 0.3 is 0 Å². The van der Waals surface area contributed by atoms with Crippen LogP contribution in [0.25, 0.3) is 11.3 Å². The van der Waals surface area contributed by atoms with Crippen LogP contribution in [0, 0.1) is 0 Å². The summed E-state index contributed by atoms with van der Waals surface area (Å²) in [7, 11) is 0. The number of fused-ring (bicyclic) bond motifs is 1. The molecule has 0 radical (unpaired) electrons. The van der Waals surface area contributed by atoms with E-state index in [0.717, 1.165) is 19.4 Å². The molecule has 1 atom stereocenters. The van der Waals surface area contributed by atoms with Crippen LogP contribution in [-0.2, 0) is 9.53 Å². The Morgan fingerprint density at radius 1 is 1.30 bits per heavy atom. The number of aliphatic hydroxyl groups is 1. The maximum absolute atomic E-state index is 11.4. The normalized spacial score (nSPS) is 18.5. The molecule has 144 valence electrons. The molecule has 0 spiro atoms. The lowest BCUT2D eigenvalue weighted by Crippen LogP contribution is -2.25. The number of nitrogen functional groups attached to an aromatic ring is 1. The molecule has 1 unspecified atom stereocenters. The number of carbonyl (C=O) groups excluding carboxylic acids is 1. The molecule has 0 aliphatic carbocycles. The van der Waals surface area contributed by atoms with Crippen LogP contribution in [0.3, 0.4) is 0 Å². The number of ether oxygens (including phenoxy) is 2. The molecule has 10 heteroatoms. The average molecular weight is 413 g/mol. The number of nitrogens with two attached hydrogens (primary N) is 1. The van der Waals surface area contributed by atoms with Gasteiger partial charge in [0.15, 0.2) is 12.4 Å². The van der Waals surface area contributed by atoms with Crippen molar-refractivity contribution in [1.82, 2.24) is 9.97 Å². The van der Waals surface area contributed by atoms with Crippen LogP contribution in [0.1, 0.15) is 12.8 Å². The highest BCUT2D eigenvalue weighted by Crippen LogP contribution is 2.40. The predicted molar refractivity (Wildman–Crippen MR) is 102 cm³/mol. The van der Waals surface area contributed by atoms with E-state index in [2.05, 4.69) is 15.3 Å². The van der Waals surface area contributed by atoms with Crippen LogP contribution >= 0.6 is 23.2 Å². The second-order valence-corrected chi connectivity index (χ2v) is 6.78. The third-order valence-electron chi connectivity index (χ3n) is 3.84. The summed E-state index contributed by atoms with van der Waals surface area (Å²) in [6.07, 6.45) is 3.15. The van der Waals surface area contributed by atoms with Crippen molar-refractivity contribution in [2.75, 3.05) is 30.9 Å². The van der Waals surface area contributed by atoms with Crippen LogP contribution in [0.2, 0.25) is 10.0 Å². The first kappa shape index (κ1) is 19.6. The van der Waals surface area contributed by atoms with Gasteiger partial charge in [-0.3, -0.25) is 4.79 Å². The van der Waals surface area contributed by atoms with E-state index in [4.69, 9.17) is 43.5 Å². The van der Waals surface area contributed by atoms with E-state index in [1.54, 1.807) is 12.1 Å². The third kappa shape index (κ3) is 4.98. The van der Waals surface area contributed by atoms with E-state index in [-0.39, 0.29) is 24.6 Å². The Morgan fingerprint density at radius 2 is 2.11 bits per heavy atom. The molecular formula is C17H18Cl2N4O4. The Morgan fingerprint density at radius 3 is 2.78 bits per heavy atom. The molecule has 2 aliphatic heterocycles. The van der Waals surface area contributed by atoms with Crippen LogP contribution in [-0.4, -0.2) is 46.9 Å². The van der Waals surface area contributed by atoms with Crippen LogP contribution < -0.4 is 15.8 Å². The summed E-state index contributed by atoms with van der Waals surface area (Å²) in [6.45, 7) is 1.31. The van der Waals surface area contributed by atoms with Gasteiger partial charge in [0.05, 0.1) is 40.3 Å². The fourth-order valence-electron chi connectivity index (χ4n) is 2.60. The minimum atomic E-state index is -0.251. The molecule has 2 aromatic rings. The molecule has 27 heavy (non-hydrogen) atoms. The molecule has 1 aromatic carbocycles. The van der Waals surface area contributed by atoms with Crippen molar-refractivity contribution in [1.29, 1.82) is 0 Å². The number of rotatable bonds is 1. The van der Waals surface area contributed by atoms with Crippen molar-refractivity contribution in [3.63, 3.8) is 0 Å². The number of halogens is 2. The van der Waals surface area contributed by atoms with Gasteiger partial charge in [-0.25, -0.2) is 9.97 Å². The standard InChI is InChI=1S/C12H8Cl2N4O2.C5H10O2/c13-6-1-5(10-7(14)3-16-12(15)18-10)2-8-11(6)20-4-9(19)17-8;6-5-2-1-3-7-4-5/h1-3H,4H2,(H,17,19)(H2,15,16,18);5-6H,1-4H2. The van der Waals surface area contributed by atoms with E-state index in [0.29, 0.717) is 39.3 Å². The topological polar surface area (TPSA) is 120 Å². The fraction of sp³-hybridized carbons (Fsp3) is 0.353. The van der Waals surface area contributed by atoms with Crippen molar-refractivity contribution >= 4 is 40.7 Å². The zero-order valence-corrected chi connectivity index (χ0v) is 15.8. The van der Waals surface area contributed by atoms with Crippen molar-refractivity contribution in [3.05, 3.63) is 28.4 Å². The lowest BCUT2D eigenvalue weighted by molar-refractivity contribution is -0.118. The number of amides is 1. The van der Waals surface area contributed by atoms with Gasteiger partial charge in [-0.1, -0.05) is 23.2 Å². The Balaban J connectivity index is 0.000000253. The summed E-state index contributed by atoms with van der Waals surface area (Å²) in [4.78, 5) is 19.2. The molecule has 0 saturated carbocycles. The van der Waals surface area contributed by atoms with Crippen molar-refractivity contribution in [2.24, 2.45) is 0 Å². The highest BCUT2D eigenvalue weighted by atomic mass is 35.5. The quantitative estimate of drug-likeness (QED) is 0.657. The lowest BCUT2D eigenvalue weighted by Gasteiger charge is -2.20. The molecule has 0 bridgehead atoms.